The van der Waals surface area contributed by atoms with Gasteiger partial charge in [-0.2, -0.15) is 0 Å². The third-order valence-corrected chi connectivity index (χ3v) is 5.38. The Kier molecular flexibility index (Phi) is 10.7. The summed E-state index contributed by atoms with van der Waals surface area (Å²) in [6, 6.07) is 6.58. The monoisotopic (exact) mass is 440 g/mol. The maximum Gasteiger partial charge on any atom is 0.529 e. The van der Waals surface area contributed by atoms with Crippen molar-refractivity contribution < 1.29 is 27.7 Å². The number of phosphoric ester groups is 1. The number of hydrogen-bond donors (Lipinski definition) is 0. The fourth-order valence-electron chi connectivity index (χ4n) is 2.13. The summed E-state index contributed by atoms with van der Waals surface area (Å²) in [6.07, 6.45) is 6.13. The molecule has 0 aliphatic heterocycles. The Hall–Kier alpha value is -2.11. The molecule has 6 nitrogen and oxygen atoms in total. The van der Waals surface area contributed by atoms with Gasteiger partial charge in [0.1, 0.15) is 5.76 Å². The number of ketones is 1. The number of phosphoric acid groups is 1. The van der Waals surface area contributed by atoms with E-state index in [-0.39, 0.29) is 30.5 Å². The Morgan fingerprint density at radius 3 is 2.21 bits per heavy atom. The first-order chi connectivity index (χ1) is 13.8. The topological polar surface area (TPSA) is 71.1 Å². The number of methoxy groups -OCH3 is 1. The van der Waals surface area contributed by atoms with Crippen molar-refractivity contribution in [3.05, 3.63) is 82.8 Å². The number of halogens is 1. The molecular weight excluding hydrogens is 415 g/mol. The lowest BCUT2D eigenvalue weighted by Gasteiger charge is -2.18. The van der Waals surface area contributed by atoms with E-state index in [1.807, 2.05) is 0 Å². The molecule has 0 atom stereocenters. The van der Waals surface area contributed by atoms with Crippen LogP contribution in [-0.4, -0.2) is 26.1 Å². The Bertz CT molecular complexity index is 829. The number of allylic oxidation sites excluding steroid dienone is 6. The summed E-state index contributed by atoms with van der Waals surface area (Å²) >= 11 is 5.83. The zero-order valence-electron chi connectivity index (χ0n) is 17.0. The second kappa shape index (κ2) is 12.5. The Morgan fingerprint density at radius 1 is 1.14 bits per heavy atom. The highest BCUT2D eigenvalue weighted by molar-refractivity contribution is 7.48. The summed E-state index contributed by atoms with van der Waals surface area (Å²) in [5.74, 6) is 0.292. The molecule has 0 spiro atoms. The van der Waals surface area contributed by atoms with E-state index in [1.54, 1.807) is 63.3 Å². The van der Waals surface area contributed by atoms with Gasteiger partial charge in [0, 0.05) is 10.6 Å². The normalized spacial score (nSPS) is 13.2. The van der Waals surface area contributed by atoms with Crippen LogP contribution in [0.15, 0.2) is 72.2 Å². The van der Waals surface area contributed by atoms with E-state index in [0.717, 1.165) is 0 Å². The number of hydrogen-bond acceptors (Lipinski definition) is 6. The Labute approximate surface area is 177 Å². The van der Waals surface area contributed by atoms with Gasteiger partial charge in [0.2, 0.25) is 0 Å². The Balaban J connectivity index is 3.07. The van der Waals surface area contributed by atoms with Gasteiger partial charge in [-0.3, -0.25) is 13.8 Å². The van der Waals surface area contributed by atoms with E-state index >= 15 is 0 Å². The zero-order chi connectivity index (χ0) is 21.9. The van der Waals surface area contributed by atoms with Crippen LogP contribution in [-0.2, 0) is 22.9 Å². The predicted octanol–water partition coefficient (Wildman–Crippen LogP) is 6.27. The summed E-state index contributed by atoms with van der Waals surface area (Å²) in [5.41, 5.74) is 1.08. The van der Waals surface area contributed by atoms with Gasteiger partial charge in [0.15, 0.2) is 11.5 Å². The van der Waals surface area contributed by atoms with Crippen molar-refractivity contribution in [1.82, 2.24) is 0 Å². The van der Waals surface area contributed by atoms with Crippen LogP contribution in [0.3, 0.4) is 0 Å². The minimum Gasteiger partial charge on any atom is -0.493 e. The zero-order valence-corrected chi connectivity index (χ0v) is 18.7. The first-order valence-corrected chi connectivity index (χ1v) is 10.8. The number of carbonyl (C=O) groups is 1. The molecule has 8 heteroatoms. The van der Waals surface area contributed by atoms with Crippen molar-refractivity contribution in [2.24, 2.45) is 0 Å². The van der Waals surface area contributed by atoms with E-state index in [9.17, 15) is 9.36 Å². The summed E-state index contributed by atoms with van der Waals surface area (Å²) in [7, 11) is -2.31. The third kappa shape index (κ3) is 8.42. The van der Waals surface area contributed by atoms with Crippen LogP contribution in [0.4, 0.5) is 0 Å². The van der Waals surface area contributed by atoms with Gasteiger partial charge in [-0.15, -0.1) is 0 Å². The standard InChI is InChI=1S/C21H26ClO6P/c1-6-17(9-14-20(23)18-10-12-19(22)13-11-18)15-21(25-5)16(4)28-29(24,26-7-2)27-8-3/h6,9-15H,1,7-8H2,2-5H3/b14-9+,17-15+,21-16-. The van der Waals surface area contributed by atoms with Crippen molar-refractivity contribution in [3.8, 4) is 0 Å². The van der Waals surface area contributed by atoms with Crippen molar-refractivity contribution >= 4 is 25.2 Å². The van der Waals surface area contributed by atoms with E-state index < -0.39 is 7.82 Å². The number of carbonyl (C=O) groups excluding carboxylic acids is 1. The lowest BCUT2D eigenvalue weighted by atomic mass is 10.1. The lowest BCUT2D eigenvalue weighted by Crippen LogP contribution is -2.01. The van der Waals surface area contributed by atoms with Crippen molar-refractivity contribution in [2.45, 2.75) is 20.8 Å². The fraction of sp³-hybridized carbons (Fsp3) is 0.286. The first kappa shape index (κ1) is 24.9. The van der Waals surface area contributed by atoms with Crippen molar-refractivity contribution in [2.75, 3.05) is 20.3 Å². The molecule has 158 valence electrons. The molecule has 0 saturated carbocycles. The number of ether oxygens (including phenoxy) is 1. The number of rotatable bonds is 12. The van der Waals surface area contributed by atoms with Gasteiger partial charge in [-0.25, -0.2) is 4.57 Å². The molecule has 0 radical (unpaired) electrons. The maximum absolute atomic E-state index is 12.5. The second-order valence-electron chi connectivity index (χ2n) is 5.55. The molecule has 0 fully saturated rings. The molecule has 0 heterocycles. The first-order valence-electron chi connectivity index (χ1n) is 8.94. The average molecular weight is 441 g/mol. The van der Waals surface area contributed by atoms with E-state index in [0.29, 0.717) is 16.2 Å². The second-order valence-corrected chi connectivity index (χ2v) is 7.58. The molecule has 29 heavy (non-hydrogen) atoms. The van der Waals surface area contributed by atoms with Gasteiger partial charge < -0.3 is 9.26 Å². The van der Waals surface area contributed by atoms with Gasteiger partial charge in [0.25, 0.3) is 0 Å². The molecule has 0 amide bonds. The number of benzene rings is 1. The van der Waals surface area contributed by atoms with Gasteiger partial charge in [0.05, 0.1) is 20.3 Å². The van der Waals surface area contributed by atoms with Crippen LogP contribution in [0.1, 0.15) is 31.1 Å². The van der Waals surface area contributed by atoms with Crippen LogP contribution in [0.2, 0.25) is 5.02 Å². The summed E-state index contributed by atoms with van der Waals surface area (Å²) in [6.45, 7) is 9.00. The molecule has 1 rings (SSSR count). The van der Waals surface area contributed by atoms with Crippen molar-refractivity contribution in [3.63, 3.8) is 0 Å². The van der Waals surface area contributed by atoms with Crippen LogP contribution in [0, 0.1) is 0 Å². The van der Waals surface area contributed by atoms with E-state index in [4.69, 9.17) is 29.9 Å². The van der Waals surface area contributed by atoms with Gasteiger partial charge >= 0.3 is 7.82 Å². The smallest absolute Gasteiger partial charge is 0.493 e. The molecule has 0 aliphatic carbocycles. The molecule has 0 aliphatic rings. The van der Waals surface area contributed by atoms with Gasteiger partial charge in [-0.1, -0.05) is 30.3 Å². The summed E-state index contributed by atoms with van der Waals surface area (Å²) < 4.78 is 33.5. The molecule has 0 saturated heterocycles. The predicted molar refractivity (Wildman–Crippen MR) is 115 cm³/mol. The van der Waals surface area contributed by atoms with E-state index in [1.165, 1.54) is 13.2 Å². The third-order valence-electron chi connectivity index (χ3n) is 3.48. The minimum atomic E-state index is -3.75. The highest BCUT2D eigenvalue weighted by Gasteiger charge is 2.28. The minimum absolute atomic E-state index is 0.163. The average Bonchev–Trinajstić information content (AvgIpc) is 2.68. The summed E-state index contributed by atoms with van der Waals surface area (Å²) in [5, 5.41) is 0.555. The fourth-order valence-corrected chi connectivity index (χ4v) is 3.50. The molecule has 0 bridgehead atoms. The molecule has 0 N–H and O–H groups in total. The summed E-state index contributed by atoms with van der Waals surface area (Å²) in [4.78, 5) is 12.3. The van der Waals surface area contributed by atoms with Crippen LogP contribution >= 0.6 is 19.4 Å². The SMILES string of the molecule is C=CC(/C=C/C(=O)c1ccc(Cl)cc1)=C\C(OC)=C(/C)OP(=O)(OCC)OCC. The highest BCUT2D eigenvalue weighted by atomic mass is 35.5. The van der Waals surface area contributed by atoms with Crippen molar-refractivity contribution in [1.29, 1.82) is 0 Å². The quantitative estimate of drug-likeness (QED) is 0.125. The molecular formula is C21H26ClO6P. The lowest BCUT2D eigenvalue weighted by molar-refractivity contribution is 0.104. The molecule has 0 aromatic heterocycles. The van der Waals surface area contributed by atoms with E-state index in [2.05, 4.69) is 6.58 Å². The van der Waals surface area contributed by atoms with Gasteiger partial charge in [-0.05, 0) is 62.8 Å². The maximum atomic E-state index is 12.5. The Morgan fingerprint density at radius 2 is 1.72 bits per heavy atom. The molecule has 1 aromatic carbocycles. The van der Waals surface area contributed by atoms with Crippen LogP contribution < -0.4 is 0 Å². The highest BCUT2D eigenvalue weighted by Crippen LogP contribution is 2.51. The van der Waals surface area contributed by atoms with Crippen LogP contribution in [0.5, 0.6) is 0 Å². The molecule has 0 unspecified atom stereocenters. The molecule has 1 aromatic rings. The van der Waals surface area contributed by atoms with Crippen LogP contribution in [0.25, 0.3) is 0 Å². The largest absolute Gasteiger partial charge is 0.529 e.